The quantitative estimate of drug-likeness (QED) is 0.262. The highest BCUT2D eigenvalue weighted by atomic mass is 127. The van der Waals surface area contributed by atoms with Crippen LogP contribution in [0.25, 0.3) is 0 Å². The fourth-order valence-electron chi connectivity index (χ4n) is 2.38. The van der Waals surface area contributed by atoms with Crippen LogP contribution in [0, 0.1) is 0 Å². The first-order valence-electron chi connectivity index (χ1n) is 8.13. The van der Waals surface area contributed by atoms with Gasteiger partial charge in [-0.3, -0.25) is 4.99 Å². The zero-order chi connectivity index (χ0) is 16.4. The first kappa shape index (κ1) is 23.3. The Kier molecular flexibility index (Phi) is 12.8. The maximum atomic E-state index is 5.91. The zero-order valence-corrected chi connectivity index (χ0v) is 18.4. The lowest BCUT2D eigenvalue weighted by Gasteiger charge is -2.35. The fraction of sp³-hybridized carbons (Fsp3) is 0.938. The third-order valence-electron chi connectivity index (χ3n) is 4.02. The molecule has 0 radical (unpaired) electrons. The molecule has 7 heteroatoms. The van der Waals surface area contributed by atoms with Gasteiger partial charge in [0.25, 0.3) is 0 Å². The Bertz CT molecular complexity index is 335. The van der Waals surface area contributed by atoms with E-state index in [1.54, 1.807) is 7.11 Å². The topological polar surface area (TPSA) is 46.1 Å². The number of ether oxygens (including phenoxy) is 2. The summed E-state index contributed by atoms with van der Waals surface area (Å²) in [6.45, 7) is 9.01. The van der Waals surface area contributed by atoms with Gasteiger partial charge in [-0.2, -0.15) is 11.8 Å². The molecule has 0 spiro atoms. The number of hydrogen-bond donors (Lipinski definition) is 1. The lowest BCUT2D eigenvalue weighted by atomic mass is 10.1. The highest BCUT2D eigenvalue weighted by molar-refractivity contribution is 14.0. The van der Waals surface area contributed by atoms with Gasteiger partial charge in [-0.25, -0.2) is 0 Å². The van der Waals surface area contributed by atoms with Gasteiger partial charge in [0.15, 0.2) is 5.96 Å². The van der Waals surface area contributed by atoms with Crippen LogP contribution in [0.4, 0.5) is 0 Å². The van der Waals surface area contributed by atoms with Gasteiger partial charge in [-0.1, -0.05) is 0 Å². The summed E-state index contributed by atoms with van der Waals surface area (Å²) in [5, 5.41) is 3.50. The van der Waals surface area contributed by atoms with Crippen LogP contribution in [0.2, 0.25) is 0 Å². The number of halogens is 1. The highest BCUT2D eigenvalue weighted by Gasteiger charge is 2.23. The summed E-state index contributed by atoms with van der Waals surface area (Å²) in [6.07, 6.45) is 5.65. The monoisotopic (exact) mass is 459 g/mol. The highest BCUT2D eigenvalue weighted by Crippen LogP contribution is 2.20. The largest absolute Gasteiger partial charge is 0.385 e. The Morgan fingerprint density at radius 1 is 1.30 bits per heavy atom. The third kappa shape index (κ3) is 9.36. The van der Waals surface area contributed by atoms with Crippen molar-refractivity contribution in [3.63, 3.8) is 0 Å². The zero-order valence-electron chi connectivity index (χ0n) is 15.3. The molecule has 1 N–H and O–H groups in total. The predicted molar refractivity (Wildman–Crippen MR) is 111 cm³/mol. The summed E-state index contributed by atoms with van der Waals surface area (Å²) in [5.41, 5.74) is 0. The van der Waals surface area contributed by atoms with E-state index in [-0.39, 0.29) is 28.7 Å². The molecular weight excluding hydrogens is 425 g/mol. The second-order valence-electron chi connectivity index (χ2n) is 6.27. The van der Waals surface area contributed by atoms with Gasteiger partial charge >= 0.3 is 0 Å². The van der Waals surface area contributed by atoms with Crippen LogP contribution in [0.15, 0.2) is 4.99 Å². The van der Waals surface area contributed by atoms with Crippen molar-refractivity contribution in [2.24, 2.45) is 4.99 Å². The van der Waals surface area contributed by atoms with Crippen molar-refractivity contribution >= 4 is 41.7 Å². The van der Waals surface area contributed by atoms with Gasteiger partial charge in [0.2, 0.25) is 0 Å². The Labute approximate surface area is 163 Å². The molecule has 0 aromatic carbocycles. The van der Waals surface area contributed by atoms with Crippen molar-refractivity contribution in [3.05, 3.63) is 0 Å². The molecular formula is C16H34IN3O2S. The lowest BCUT2D eigenvalue weighted by Crippen LogP contribution is -2.49. The summed E-state index contributed by atoms with van der Waals surface area (Å²) in [6, 6.07) is 0. The number of aliphatic imine (C=N–C) groups is 1. The fourth-order valence-corrected chi connectivity index (χ4v) is 2.60. The van der Waals surface area contributed by atoms with Crippen molar-refractivity contribution in [3.8, 4) is 0 Å². The average Bonchev–Trinajstić information content (AvgIpc) is 2.53. The number of rotatable bonds is 8. The molecule has 1 aliphatic heterocycles. The van der Waals surface area contributed by atoms with Crippen molar-refractivity contribution in [2.75, 3.05) is 53.3 Å². The van der Waals surface area contributed by atoms with Crippen LogP contribution in [0.3, 0.4) is 0 Å². The molecule has 138 valence electrons. The molecule has 0 atom stereocenters. The number of piperidine rings is 1. The molecule has 0 aromatic heterocycles. The number of thioether (sulfide) groups is 1. The van der Waals surface area contributed by atoms with Crippen LogP contribution in [0.5, 0.6) is 0 Å². The van der Waals surface area contributed by atoms with Crippen molar-refractivity contribution in [1.29, 1.82) is 0 Å². The number of methoxy groups -OCH3 is 1. The van der Waals surface area contributed by atoms with E-state index in [1.807, 2.05) is 18.8 Å². The van der Waals surface area contributed by atoms with Gasteiger partial charge in [-0.05, 0) is 39.4 Å². The predicted octanol–water partition coefficient (Wildman–Crippen LogP) is 2.84. The van der Waals surface area contributed by atoms with Gasteiger partial charge in [0, 0.05) is 51.8 Å². The Hall–Kier alpha value is 0.270. The summed E-state index contributed by atoms with van der Waals surface area (Å²) in [4.78, 5) is 6.76. The second-order valence-corrected chi connectivity index (χ2v) is 7.78. The number of nitrogens with zero attached hydrogens (tertiary/aromatic N) is 2. The van der Waals surface area contributed by atoms with Crippen LogP contribution < -0.4 is 5.32 Å². The maximum Gasteiger partial charge on any atom is 0.193 e. The normalized spacial score (nSPS) is 17.1. The minimum atomic E-state index is 0. The van der Waals surface area contributed by atoms with E-state index in [0.29, 0.717) is 6.10 Å². The second kappa shape index (κ2) is 12.6. The molecule has 1 aliphatic rings. The minimum Gasteiger partial charge on any atom is -0.385 e. The summed E-state index contributed by atoms with van der Waals surface area (Å²) in [7, 11) is 3.59. The number of hydrogen-bond acceptors (Lipinski definition) is 4. The van der Waals surface area contributed by atoms with Crippen LogP contribution in [-0.4, -0.2) is 75.0 Å². The van der Waals surface area contributed by atoms with E-state index < -0.39 is 0 Å². The van der Waals surface area contributed by atoms with E-state index in [0.717, 1.165) is 58.1 Å². The smallest absolute Gasteiger partial charge is 0.193 e. The molecule has 0 bridgehead atoms. The van der Waals surface area contributed by atoms with E-state index in [9.17, 15) is 0 Å². The van der Waals surface area contributed by atoms with Gasteiger partial charge < -0.3 is 19.7 Å². The Morgan fingerprint density at radius 3 is 2.48 bits per heavy atom. The molecule has 1 heterocycles. The maximum absolute atomic E-state index is 5.91. The van der Waals surface area contributed by atoms with E-state index in [1.165, 1.54) is 0 Å². The third-order valence-corrected chi connectivity index (χ3v) is 5.27. The van der Waals surface area contributed by atoms with Crippen LogP contribution in [-0.2, 0) is 9.47 Å². The minimum absolute atomic E-state index is 0. The molecule has 0 aromatic rings. The van der Waals surface area contributed by atoms with Crippen molar-refractivity contribution in [2.45, 2.75) is 44.0 Å². The molecule has 0 saturated carbocycles. The summed E-state index contributed by atoms with van der Waals surface area (Å²) >= 11 is 1.87. The molecule has 0 unspecified atom stereocenters. The molecule has 1 saturated heterocycles. The number of guanidine groups is 1. The van der Waals surface area contributed by atoms with Crippen molar-refractivity contribution in [1.82, 2.24) is 10.2 Å². The first-order valence-corrected chi connectivity index (χ1v) is 9.36. The molecule has 1 rings (SSSR count). The lowest BCUT2D eigenvalue weighted by molar-refractivity contribution is 0.00990. The molecule has 0 amide bonds. The van der Waals surface area contributed by atoms with Gasteiger partial charge in [-0.15, -0.1) is 24.0 Å². The molecule has 1 fully saturated rings. The molecule has 5 nitrogen and oxygen atoms in total. The Morgan fingerprint density at radius 2 is 1.96 bits per heavy atom. The van der Waals surface area contributed by atoms with Gasteiger partial charge in [0.1, 0.15) is 0 Å². The molecule has 0 aliphatic carbocycles. The van der Waals surface area contributed by atoms with Gasteiger partial charge in [0.05, 0.1) is 6.10 Å². The van der Waals surface area contributed by atoms with E-state index in [2.05, 4.69) is 35.3 Å². The van der Waals surface area contributed by atoms with Crippen LogP contribution >= 0.6 is 35.7 Å². The SMILES string of the molecule is CN=C(NCC(C)(C)SC)N1CCC(OCCCOC)CC1.I. The van der Waals surface area contributed by atoms with E-state index >= 15 is 0 Å². The number of likely N-dealkylation sites (tertiary alicyclic amines) is 1. The summed E-state index contributed by atoms with van der Waals surface area (Å²) < 4.78 is 11.2. The van der Waals surface area contributed by atoms with Crippen LogP contribution in [0.1, 0.15) is 33.1 Å². The molecule has 23 heavy (non-hydrogen) atoms. The summed E-state index contributed by atoms with van der Waals surface area (Å²) in [5.74, 6) is 1.01. The van der Waals surface area contributed by atoms with Crippen molar-refractivity contribution < 1.29 is 9.47 Å². The average molecular weight is 459 g/mol. The standard InChI is InChI=1S/C16H33N3O2S.HI/c1-16(2,22-5)13-18-15(17-3)19-9-7-14(8-10-19)21-12-6-11-20-4;/h14H,6-13H2,1-5H3,(H,17,18);1H. The van der Waals surface area contributed by atoms with E-state index in [4.69, 9.17) is 9.47 Å². The Balaban J connectivity index is 0.00000484. The number of nitrogens with one attached hydrogen (secondary N) is 1. The first-order chi connectivity index (χ1) is 10.5.